The molecule has 0 bridgehead atoms. The van der Waals surface area contributed by atoms with Crippen LogP contribution >= 0.6 is 0 Å². The summed E-state index contributed by atoms with van der Waals surface area (Å²) in [6.45, 7) is 0. The predicted octanol–water partition coefficient (Wildman–Crippen LogP) is 13.1. The minimum absolute atomic E-state index is 1.12. The predicted molar refractivity (Wildman–Crippen MR) is 202 cm³/mol. The SMILES string of the molecule is c1ccc(-c2ccc(N(c3ccc(-c4cccc5ccccc45)cc3)c3cc4ccc5ccccc5c4c4ccccc34)cc2)cc1. The molecule has 47 heavy (non-hydrogen) atoms. The minimum atomic E-state index is 1.12. The Morgan fingerprint density at radius 2 is 0.809 bits per heavy atom. The maximum absolute atomic E-state index is 2.42. The van der Waals surface area contributed by atoms with E-state index in [-0.39, 0.29) is 0 Å². The van der Waals surface area contributed by atoms with Crippen LogP contribution in [0.2, 0.25) is 0 Å². The van der Waals surface area contributed by atoms with E-state index in [0.29, 0.717) is 0 Å². The summed E-state index contributed by atoms with van der Waals surface area (Å²) in [5, 5.41) is 10.1. The Morgan fingerprint density at radius 3 is 1.53 bits per heavy atom. The lowest BCUT2D eigenvalue weighted by molar-refractivity contribution is 1.30. The van der Waals surface area contributed by atoms with Crippen LogP contribution < -0.4 is 4.90 Å². The second kappa shape index (κ2) is 11.3. The van der Waals surface area contributed by atoms with E-state index in [1.165, 1.54) is 65.3 Å². The van der Waals surface area contributed by atoms with Gasteiger partial charge in [0.2, 0.25) is 0 Å². The van der Waals surface area contributed by atoms with Gasteiger partial charge in [0.1, 0.15) is 0 Å². The van der Waals surface area contributed by atoms with Crippen LogP contribution in [0.3, 0.4) is 0 Å². The molecule has 0 aliphatic heterocycles. The largest absolute Gasteiger partial charge is 0.310 e. The van der Waals surface area contributed by atoms with Gasteiger partial charge in [0.15, 0.2) is 0 Å². The van der Waals surface area contributed by atoms with Gasteiger partial charge in [0, 0.05) is 16.8 Å². The van der Waals surface area contributed by atoms with Gasteiger partial charge in [-0.3, -0.25) is 0 Å². The highest BCUT2D eigenvalue weighted by atomic mass is 15.1. The van der Waals surface area contributed by atoms with Crippen LogP contribution in [0.15, 0.2) is 188 Å². The highest BCUT2D eigenvalue weighted by Gasteiger charge is 2.19. The molecule has 9 aromatic rings. The zero-order chi connectivity index (χ0) is 31.2. The van der Waals surface area contributed by atoms with Crippen molar-refractivity contribution in [3.8, 4) is 22.3 Å². The monoisotopic (exact) mass is 597 g/mol. The fourth-order valence-corrected chi connectivity index (χ4v) is 7.17. The Morgan fingerprint density at radius 1 is 0.298 bits per heavy atom. The lowest BCUT2D eigenvalue weighted by Gasteiger charge is -2.28. The molecule has 0 saturated carbocycles. The van der Waals surface area contributed by atoms with Crippen molar-refractivity contribution in [2.75, 3.05) is 4.90 Å². The molecule has 220 valence electrons. The second-order valence-electron chi connectivity index (χ2n) is 12.1. The first kappa shape index (κ1) is 27.2. The van der Waals surface area contributed by atoms with Gasteiger partial charge in [-0.25, -0.2) is 0 Å². The van der Waals surface area contributed by atoms with E-state index in [4.69, 9.17) is 0 Å². The van der Waals surface area contributed by atoms with Crippen molar-refractivity contribution in [2.45, 2.75) is 0 Å². The lowest BCUT2D eigenvalue weighted by atomic mass is 9.94. The summed E-state index contributed by atoms with van der Waals surface area (Å²) in [4.78, 5) is 2.42. The molecule has 0 atom stereocenters. The molecule has 0 N–H and O–H groups in total. The number of fused-ring (bicyclic) bond motifs is 6. The van der Waals surface area contributed by atoms with E-state index in [1.54, 1.807) is 0 Å². The van der Waals surface area contributed by atoms with Crippen molar-refractivity contribution in [1.82, 2.24) is 0 Å². The second-order valence-corrected chi connectivity index (χ2v) is 12.1. The zero-order valence-electron chi connectivity index (χ0n) is 25.8. The molecule has 0 heterocycles. The highest BCUT2D eigenvalue weighted by Crippen LogP contribution is 2.44. The van der Waals surface area contributed by atoms with Gasteiger partial charge in [-0.15, -0.1) is 0 Å². The number of hydrogen-bond acceptors (Lipinski definition) is 1. The summed E-state index contributed by atoms with van der Waals surface area (Å²) >= 11 is 0. The van der Waals surface area contributed by atoms with Gasteiger partial charge < -0.3 is 4.90 Å². The molecule has 0 amide bonds. The van der Waals surface area contributed by atoms with E-state index in [1.807, 2.05) is 0 Å². The summed E-state index contributed by atoms with van der Waals surface area (Å²) in [6.07, 6.45) is 0. The average Bonchev–Trinajstić information content (AvgIpc) is 3.15. The fraction of sp³-hybridized carbons (Fsp3) is 0. The van der Waals surface area contributed by atoms with Gasteiger partial charge in [0.05, 0.1) is 5.69 Å². The third-order valence-electron chi connectivity index (χ3n) is 9.43. The summed E-state index contributed by atoms with van der Waals surface area (Å²) in [6, 6.07) is 68.2. The first-order valence-electron chi connectivity index (χ1n) is 16.2. The van der Waals surface area contributed by atoms with Crippen LogP contribution in [0, 0.1) is 0 Å². The summed E-state index contributed by atoms with van der Waals surface area (Å²) in [7, 11) is 0. The summed E-state index contributed by atoms with van der Waals surface area (Å²) < 4.78 is 0. The quantitative estimate of drug-likeness (QED) is 0.178. The standard InChI is InChI=1S/C46H31N/c1-2-11-32(12-3-1)33-23-27-38(28-24-33)47(39-29-25-36(26-30-39)41-20-10-15-34-13-4-6-16-40(34)41)45-31-37-22-21-35-14-5-7-17-42(35)46(37)44-19-9-8-18-43(44)45/h1-31H. The van der Waals surface area contributed by atoms with Crippen molar-refractivity contribution in [1.29, 1.82) is 0 Å². The van der Waals surface area contributed by atoms with Crippen molar-refractivity contribution < 1.29 is 0 Å². The van der Waals surface area contributed by atoms with Crippen molar-refractivity contribution in [3.63, 3.8) is 0 Å². The van der Waals surface area contributed by atoms with E-state index in [2.05, 4.69) is 193 Å². The van der Waals surface area contributed by atoms with Crippen LogP contribution in [-0.2, 0) is 0 Å². The first-order valence-corrected chi connectivity index (χ1v) is 16.2. The van der Waals surface area contributed by atoms with Gasteiger partial charge in [0.25, 0.3) is 0 Å². The third kappa shape index (κ3) is 4.72. The van der Waals surface area contributed by atoms with Crippen molar-refractivity contribution in [3.05, 3.63) is 188 Å². The molecule has 9 rings (SSSR count). The maximum atomic E-state index is 2.42. The Balaban J connectivity index is 1.25. The molecule has 1 heteroatoms. The molecule has 0 fully saturated rings. The zero-order valence-corrected chi connectivity index (χ0v) is 25.8. The molecule has 0 aliphatic carbocycles. The smallest absolute Gasteiger partial charge is 0.0546 e. The Kier molecular flexibility index (Phi) is 6.54. The number of benzene rings is 9. The molecule has 0 aromatic heterocycles. The lowest BCUT2D eigenvalue weighted by Crippen LogP contribution is -2.10. The summed E-state index contributed by atoms with van der Waals surface area (Å²) in [5.41, 5.74) is 8.27. The Bertz CT molecular complexity index is 2540. The molecule has 1 nitrogen and oxygen atoms in total. The topological polar surface area (TPSA) is 3.24 Å². The Hall–Kier alpha value is -6.18. The van der Waals surface area contributed by atoms with E-state index in [9.17, 15) is 0 Å². The molecule has 0 spiro atoms. The van der Waals surface area contributed by atoms with Crippen LogP contribution in [0.25, 0.3) is 65.3 Å². The normalized spacial score (nSPS) is 11.4. The van der Waals surface area contributed by atoms with Crippen molar-refractivity contribution in [2.24, 2.45) is 0 Å². The first-order chi connectivity index (χ1) is 23.3. The van der Waals surface area contributed by atoms with Gasteiger partial charge in [-0.2, -0.15) is 0 Å². The van der Waals surface area contributed by atoms with Gasteiger partial charge >= 0.3 is 0 Å². The van der Waals surface area contributed by atoms with E-state index in [0.717, 1.165) is 17.1 Å². The minimum Gasteiger partial charge on any atom is -0.310 e. The molecular formula is C46H31N. The van der Waals surface area contributed by atoms with Crippen LogP contribution in [0.4, 0.5) is 17.1 Å². The van der Waals surface area contributed by atoms with Crippen LogP contribution in [-0.4, -0.2) is 0 Å². The molecule has 0 unspecified atom stereocenters. The van der Waals surface area contributed by atoms with Gasteiger partial charge in [-0.05, 0) is 90.3 Å². The number of nitrogens with zero attached hydrogens (tertiary/aromatic N) is 1. The van der Waals surface area contributed by atoms with E-state index < -0.39 is 0 Å². The van der Waals surface area contributed by atoms with Crippen LogP contribution in [0.1, 0.15) is 0 Å². The fourth-order valence-electron chi connectivity index (χ4n) is 7.17. The molecule has 0 saturated heterocycles. The van der Waals surface area contributed by atoms with E-state index >= 15 is 0 Å². The van der Waals surface area contributed by atoms with Crippen molar-refractivity contribution >= 4 is 60.2 Å². The number of anilines is 3. The molecule has 9 aromatic carbocycles. The summed E-state index contributed by atoms with van der Waals surface area (Å²) in [5.74, 6) is 0. The Labute approximate surface area is 274 Å². The average molecular weight is 598 g/mol. The molecular weight excluding hydrogens is 567 g/mol. The number of hydrogen-bond donors (Lipinski definition) is 0. The molecule has 0 aliphatic rings. The van der Waals surface area contributed by atoms with Gasteiger partial charge in [-0.1, -0.05) is 158 Å². The molecule has 0 radical (unpaired) electrons. The highest BCUT2D eigenvalue weighted by molar-refractivity contribution is 6.23. The van der Waals surface area contributed by atoms with Crippen LogP contribution in [0.5, 0.6) is 0 Å². The number of rotatable bonds is 5. The maximum Gasteiger partial charge on any atom is 0.0546 e. The third-order valence-corrected chi connectivity index (χ3v) is 9.43.